The highest BCUT2D eigenvalue weighted by atomic mass is 16.5. The maximum absolute atomic E-state index is 10.5. The van der Waals surface area contributed by atoms with Gasteiger partial charge in [0, 0.05) is 6.61 Å². The fourth-order valence-corrected chi connectivity index (χ4v) is 1.76. The SMILES string of the molecule is O=C(O)Cc1ncc(C2CCCCO2)[nH]1. The number of H-pyrrole nitrogens is 1. The maximum Gasteiger partial charge on any atom is 0.311 e. The van der Waals surface area contributed by atoms with E-state index in [1.807, 2.05) is 0 Å². The molecule has 0 saturated carbocycles. The molecule has 1 atom stereocenters. The summed E-state index contributed by atoms with van der Waals surface area (Å²) in [6.45, 7) is 0.776. The summed E-state index contributed by atoms with van der Waals surface area (Å²) >= 11 is 0. The molecule has 0 aliphatic carbocycles. The molecule has 2 rings (SSSR count). The van der Waals surface area contributed by atoms with Gasteiger partial charge >= 0.3 is 5.97 Å². The summed E-state index contributed by atoms with van der Waals surface area (Å²) in [6, 6.07) is 0. The summed E-state index contributed by atoms with van der Waals surface area (Å²) in [4.78, 5) is 17.5. The molecule has 15 heavy (non-hydrogen) atoms. The number of hydrogen-bond acceptors (Lipinski definition) is 3. The van der Waals surface area contributed by atoms with E-state index in [2.05, 4.69) is 9.97 Å². The number of carbonyl (C=O) groups is 1. The molecular weight excluding hydrogens is 196 g/mol. The normalized spacial score (nSPS) is 21.5. The molecule has 5 heteroatoms. The van der Waals surface area contributed by atoms with Crippen LogP contribution in [0.1, 0.15) is 36.9 Å². The van der Waals surface area contributed by atoms with Crippen molar-refractivity contribution in [3.63, 3.8) is 0 Å². The molecule has 1 aliphatic rings. The van der Waals surface area contributed by atoms with Gasteiger partial charge in [-0.2, -0.15) is 0 Å². The summed E-state index contributed by atoms with van der Waals surface area (Å²) in [7, 11) is 0. The smallest absolute Gasteiger partial charge is 0.311 e. The monoisotopic (exact) mass is 210 g/mol. The number of aliphatic carboxylic acids is 1. The van der Waals surface area contributed by atoms with Crippen molar-refractivity contribution in [3.8, 4) is 0 Å². The minimum atomic E-state index is -0.875. The highest BCUT2D eigenvalue weighted by Gasteiger charge is 2.18. The van der Waals surface area contributed by atoms with Gasteiger partial charge in [0.2, 0.25) is 0 Å². The number of aromatic amines is 1. The minimum absolute atomic E-state index is 0.0628. The van der Waals surface area contributed by atoms with Crippen LogP contribution in [-0.4, -0.2) is 27.7 Å². The van der Waals surface area contributed by atoms with E-state index in [1.165, 1.54) is 0 Å². The van der Waals surface area contributed by atoms with Gasteiger partial charge in [-0.3, -0.25) is 4.79 Å². The Hall–Kier alpha value is -1.36. The van der Waals surface area contributed by atoms with Crippen LogP contribution in [0.2, 0.25) is 0 Å². The Morgan fingerprint density at radius 3 is 3.20 bits per heavy atom. The molecular formula is C10H14N2O3. The number of hydrogen-bond donors (Lipinski definition) is 2. The van der Waals surface area contributed by atoms with E-state index in [-0.39, 0.29) is 12.5 Å². The maximum atomic E-state index is 10.5. The van der Waals surface area contributed by atoms with Gasteiger partial charge < -0.3 is 14.8 Å². The lowest BCUT2D eigenvalue weighted by atomic mass is 10.1. The number of carboxylic acids is 1. The number of nitrogens with one attached hydrogen (secondary N) is 1. The van der Waals surface area contributed by atoms with Crippen molar-refractivity contribution in [1.82, 2.24) is 9.97 Å². The van der Waals surface area contributed by atoms with Crippen LogP contribution in [0, 0.1) is 0 Å². The number of imidazole rings is 1. The molecule has 5 nitrogen and oxygen atoms in total. The van der Waals surface area contributed by atoms with Crippen molar-refractivity contribution < 1.29 is 14.6 Å². The zero-order valence-electron chi connectivity index (χ0n) is 8.40. The Kier molecular flexibility index (Phi) is 3.01. The highest BCUT2D eigenvalue weighted by Crippen LogP contribution is 2.26. The Morgan fingerprint density at radius 2 is 2.53 bits per heavy atom. The molecule has 0 radical (unpaired) electrons. The fraction of sp³-hybridized carbons (Fsp3) is 0.600. The summed E-state index contributed by atoms with van der Waals surface area (Å²) in [5, 5.41) is 8.60. The molecule has 2 heterocycles. The molecule has 0 amide bonds. The lowest BCUT2D eigenvalue weighted by Gasteiger charge is -2.20. The van der Waals surface area contributed by atoms with E-state index in [0.717, 1.165) is 31.6 Å². The van der Waals surface area contributed by atoms with Gasteiger partial charge in [0.25, 0.3) is 0 Å². The zero-order valence-corrected chi connectivity index (χ0v) is 8.40. The summed E-state index contributed by atoms with van der Waals surface area (Å²) < 4.78 is 5.56. The lowest BCUT2D eigenvalue weighted by molar-refractivity contribution is -0.136. The van der Waals surface area contributed by atoms with Gasteiger partial charge in [0.15, 0.2) is 0 Å². The Labute approximate surface area is 87.5 Å². The van der Waals surface area contributed by atoms with Crippen molar-refractivity contribution in [3.05, 3.63) is 17.7 Å². The molecule has 0 aromatic carbocycles. The zero-order chi connectivity index (χ0) is 10.7. The largest absolute Gasteiger partial charge is 0.481 e. The van der Waals surface area contributed by atoms with Gasteiger partial charge in [-0.1, -0.05) is 0 Å². The van der Waals surface area contributed by atoms with Crippen LogP contribution in [0.25, 0.3) is 0 Å². The first-order valence-electron chi connectivity index (χ1n) is 5.13. The third kappa shape index (κ3) is 2.56. The van der Waals surface area contributed by atoms with Crippen LogP contribution >= 0.6 is 0 Å². The average Bonchev–Trinajstić information content (AvgIpc) is 2.67. The summed E-state index contributed by atoms with van der Waals surface area (Å²) in [5.41, 5.74) is 0.894. The van der Waals surface area contributed by atoms with Crippen molar-refractivity contribution in [2.24, 2.45) is 0 Å². The van der Waals surface area contributed by atoms with E-state index in [9.17, 15) is 4.79 Å². The van der Waals surface area contributed by atoms with Crippen LogP contribution in [0.4, 0.5) is 0 Å². The van der Waals surface area contributed by atoms with E-state index >= 15 is 0 Å². The summed E-state index contributed by atoms with van der Waals surface area (Å²) in [6.07, 6.45) is 4.91. The van der Waals surface area contributed by atoms with Crippen LogP contribution in [0.3, 0.4) is 0 Å². The summed E-state index contributed by atoms with van der Waals surface area (Å²) in [5.74, 6) is -0.382. The van der Waals surface area contributed by atoms with Crippen LogP contribution in [-0.2, 0) is 16.0 Å². The first-order chi connectivity index (χ1) is 7.25. The quantitative estimate of drug-likeness (QED) is 0.788. The Balaban J connectivity index is 2.02. The topological polar surface area (TPSA) is 75.2 Å². The molecule has 2 N–H and O–H groups in total. The molecule has 0 bridgehead atoms. The molecule has 82 valence electrons. The van der Waals surface area contributed by atoms with Crippen molar-refractivity contribution in [2.75, 3.05) is 6.61 Å². The lowest BCUT2D eigenvalue weighted by Crippen LogP contribution is -2.12. The molecule has 1 saturated heterocycles. The number of aromatic nitrogens is 2. The predicted molar refractivity (Wildman–Crippen MR) is 52.5 cm³/mol. The molecule has 1 aromatic heterocycles. The highest BCUT2D eigenvalue weighted by molar-refractivity contribution is 5.68. The van der Waals surface area contributed by atoms with Crippen molar-refractivity contribution in [2.45, 2.75) is 31.8 Å². The van der Waals surface area contributed by atoms with Gasteiger partial charge in [0.05, 0.1) is 18.0 Å². The predicted octanol–water partition coefficient (Wildman–Crippen LogP) is 1.28. The van der Waals surface area contributed by atoms with Crippen molar-refractivity contribution in [1.29, 1.82) is 0 Å². The van der Waals surface area contributed by atoms with Gasteiger partial charge in [-0.05, 0) is 19.3 Å². The first kappa shape index (κ1) is 10.2. The van der Waals surface area contributed by atoms with Crippen LogP contribution in [0.5, 0.6) is 0 Å². The van der Waals surface area contributed by atoms with E-state index in [1.54, 1.807) is 6.20 Å². The third-order valence-corrected chi connectivity index (χ3v) is 2.49. The van der Waals surface area contributed by atoms with Gasteiger partial charge in [-0.25, -0.2) is 4.98 Å². The number of rotatable bonds is 3. The molecule has 1 unspecified atom stereocenters. The van der Waals surface area contributed by atoms with Crippen LogP contribution in [0.15, 0.2) is 6.20 Å². The first-order valence-corrected chi connectivity index (χ1v) is 5.13. The van der Waals surface area contributed by atoms with Crippen LogP contribution < -0.4 is 0 Å². The van der Waals surface area contributed by atoms with Gasteiger partial charge in [0.1, 0.15) is 12.2 Å². The number of nitrogens with zero attached hydrogens (tertiary/aromatic N) is 1. The Morgan fingerprint density at radius 1 is 1.67 bits per heavy atom. The standard InChI is InChI=1S/C10H14N2O3/c13-10(14)5-9-11-6-7(12-9)8-3-1-2-4-15-8/h6,8H,1-5H2,(H,11,12)(H,13,14). The second kappa shape index (κ2) is 4.44. The molecule has 0 spiro atoms. The second-order valence-corrected chi connectivity index (χ2v) is 3.71. The second-order valence-electron chi connectivity index (χ2n) is 3.71. The molecule has 1 fully saturated rings. The van der Waals surface area contributed by atoms with E-state index in [0.29, 0.717) is 5.82 Å². The molecule has 1 aliphatic heterocycles. The van der Waals surface area contributed by atoms with E-state index < -0.39 is 5.97 Å². The Bertz CT molecular complexity index is 342. The van der Waals surface area contributed by atoms with Crippen molar-refractivity contribution >= 4 is 5.97 Å². The number of ether oxygens (including phenoxy) is 1. The average molecular weight is 210 g/mol. The third-order valence-electron chi connectivity index (χ3n) is 2.49. The number of carboxylic acid groups (broad SMARTS) is 1. The van der Waals surface area contributed by atoms with Gasteiger partial charge in [-0.15, -0.1) is 0 Å². The van der Waals surface area contributed by atoms with E-state index in [4.69, 9.17) is 9.84 Å². The fourth-order valence-electron chi connectivity index (χ4n) is 1.76. The minimum Gasteiger partial charge on any atom is -0.481 e. The molecule has 1 aromatic rings.